The van der Waals surface area contributed by atoms with Crippen molar-refractivity contribution in [2.75, 3.05) is 20.2 Å². The Morgan fingerprint density at radius 2 is 1.65 bits per heavy atom. The number of benzene rings is 2. The van der Waals surface area contributed by atoms with Crippen molar-refractivity contribution in [2.45, 2.75) is 31.6 Å². The van der Waals surface area contributed by atoms with E-state index in [9.17, 15) is 22.8 Å². The quantitative estimate of drug-likeness (QED) is 0.750. The molecular weight excluding hydrogens is 411 g/mol. The third-order valence-electron chi connectivity index (χ3n) is 5.19. The molecule has 1 heterocycles. The Labute approximate surface area is 178 Å². The second-order valence-electron chi connectivity index (χ2n) is 7.32. The summed E-state index contributed by atoms with van der Waals surface area (Å²) < 4.78 is 43.1. The molecule has 3 amide bonds. The highest BCUT2D eigenvalue weighted by molar-refractivity contribution is 5.94. The van der Waals surface area contributed by atoms with Gasteiger partial charge in [0.05, 0.1) is 12.7 Å². The fraction of sp³-hybridized carbons (Fsp3) is 0.364. The van der Waals surface area contributed by atoms with Gasteiger partial charge in [0.25, 0.3) is 5.91 Å². The van der Waals surface area contributed by atoms with Crippen molar-refractivity contribution >= 4 is 11.9 Å². The molecule has 166 valence electrons. The summed E-state index contributed by atoms with van der Waals surface area (Å²) in [5.41, 5.74) is 0.372. The summed E-state index contributed by atoms with van der Waals surface area (Å²) in [5, 5.41) is 5.69. The maximum atomic E-state index is 12.7. The Hall–Kier alpha value is -3.23. The van der Waals surface area contributed by atoms with Crippen LogP contribution in [0.4, 0.5) is 18.0 Å². The molecule has 6 nitrogen and oxygen atoms in total. The number of urea groups is 1. The first-order valence-corrected chi connectivity index (χ1v) is 9.90. The highest BCUT2D eigenvalue weighted by Crippen LogP contribution is 2.29. The predicted molar refractivity (Wildman–Crippen MR) is 109 cm³/mol. The monoisotopic (exact) mass is 435 g/mol. The zero-order valence-electron chi connectivity index (χ0n) is 17.0. The lowest BCUT2D eigenvalue weighted by molar-refractivity contribution is -0.137. The van der Waals surface area contributed by atoms with Crippen LogP contribution in [0.15, 0.2) is 48.5 Å². The van der Waals surface area contributed by atoms with Gasteiger partial charge in [-0.2, -0.15) is 13.2 Å². The van der Waals surface area contributed by atoms with Crippen LogP contribution >= 0.6 is 0 Å². The van der Waals surface area contributed by atoms with E-state index in [-0.39, 0.29) is 23.5 Å². The molecule has 2 N–H and O–H groups in total. The zero-order chi connectivity index (χ0) is 22.4. The maximum absolute atomic E-state index is 12.7. The third-order valence-corrected chi connectivity index (χ3v) is 5.19. The van der Waals surface area contributed by atoms with Crippen LogP contribution in [0.1, 0.15) is 34.3 Å². The van der Waals surface area contributed by atoms with Gasteiger partial charge in [0.1, 0.15) is 5.75 Å². The number of halogens is 3. The van der Waals surface area contributed by atoms with Crippen LogP contribution in [0, 0.1) is 0 Å². The summed E-state index contributed by atoms with van der Waals surface area (Å²) in [6, 6.07) is 11.2. The molecule has 0 atom stereocenters. The first-order valence-electron chi connectivity index (χ1n) is 9.90. The lowest BCUT2D eigenvalue weighted by Gasteiger charge is -2.32. The van der Waals surface area contributed by atoms with E-state index in [2.05, 4.69) is 10.6 Å². The lowest BCUT2D eigenvalue weighted by Crippen LogP contribution is -2.49. The fourth-order valence-corrected chi connectivity index (χ4v) is 3.37. The molecule has 1 aliphatic heterocycles. The summed E-state index contributed by atoms with van der Waals surface area (Å²) in [6.07, 6.45) is -3.29. The average Bonchev–Trinajstić information content (AvgIpc) is 2.77. The van der Waals surface area contributed by atoms with E-state index in [1.165, 1.54) is 12.1 Å². The third kappa shape index (κ3) is 6.13. The first-order chi connectivity index (χ1) is 14.8. The number of rotatable bonds is 5. The van der Waals surface area contributed by atoms with E-state index in [0.717, 1.165) is 23.4 Å². The number of carbonyl (C=O) groups is 2. The van der Waals surface area contributed by atoms with Gasteiger partial charge in [-0.25, -0.2) is 4.79 Å². The van der Waals surface area contributed by atoms with Gasteiger partial charge in [-0.15, -0.1) is 0 Å². The number of likely N-dealkylation sites (tertiary alicyclic amines) is 1. The van der Waals surface area contributed by atoms with Gasteiger partial charge < -0.3 is 20.3 Å². The Kier molecular flexibility index (Phi) is 7.04. The minimum absolute atomic E-state index is 0.0764. The van der Waals surface area contributed by atoms with Gasteiger partial charge in [0.2, 0.25) is 0 Å². The van der Waals surface area contributed by atoms with Gasteiger partial charge in [0.15, 0.2) is 0 Å². The normalized spacial score (nSPS) is 14.8. The Morgan fingerprint density at radius 1 is 1.03 bits per heavy atom. The second kappa shape index (κ2) is 9.72. The van der Waals surface area contributed by atoms with Crippen molar-refractivity contribution in [3.63, 3.8) is 0 Å². The van der Waals surface area contributed by atoms with E-state index < -0.39 is 11.7 Å². The van der Waals surface area contributed by atoms with Gasteiger partial charge in [-0.3, -0.25) is 4.79 Å². The highest BCUT2D eigenvalue weighted by Gasteiger charge is 2.31. The Morgan fingerprint density at radius 3 is 2.19 bits per heavy atom. The van der Waals surface area contributed by atoms with Crippen LogP contribution in [-0.4, -0.2) is 43.1 Å². The molecule has 0 radical (unpaired) electrons. The molecule has 1 aliphatic rings. The van der Waals surface area contributed by atoms with Gasteiger partial charge >= 0.3 is 12.2 Å². The summed E-state index contributed by atoms with van der Waals surface area (Å²) in [7, 11) is 1.59. The van der Waals surface area contributed by atoms with E-state index in [0.29, 0.717) is 32.5 Å². The highest BCUT2D eigenvalue weighted by atomic mass is 19.4. The number of ether oxygens (including phenoxy) is 1. The number of methoxy groups -OCH3 is 1. The van der Waals surface area contributed by atoms with Crippen LogP contribution in [0.5, 0.6) is 5.75 Å². The average molecular weight is 435 g/mol. The topological polar surface area (TPSA) is 70.7 Å². The number of nitrogens with zero attached hydrogens (tertiary/aromatic N) is 1. The molecule has 0 saturated carbocycles. The summed E-state index contributed by atoms with van der Waals surface area (Å²) >= 11 is 0. The van der Waals surface area contributed by atoms with E-state index >= 15 is 0 Å². The molecular formula is C22H24F3N3O3. The molecule has 0 unspecified atom stereocenters. The Balaban J connectivity index is 1.43. The molecule has 2 aromatic rings. The molecule has 0 aliphatic carbocycles. The van der Waals surface area contributed by atoms with Crippen molar-refractivity contribution in [3.05, 3.63) is 65.2 Å². The van der Waals surface area contributed by atoms with Gasteiger partial charge in [-0.05, 0) is 54.8 Å². The van der Waals surface area contributed by atoms with Gasteiger partial charge in [-0.1, -0.05) is 12.1 Å². The summed E-state index contributed by atoms with van der Waals surface area (Å²) in [5.74, 6) is 0.432. The summed E-state index contributed by atoms with van der Waals surface area (Å²) in [4.78, 5) is 26.3. The number of amides is 3. The van der Waals surface area contributed by atoms with Crippen molar-refractivity contribution < 1.29 is 27.5 Å². The molecule has 31 heavy (non-hydrogen) atoms. The SMILES string of the molecule is COc1ccc(CNC(=O)NC2CCN(C(=O)c3ccc(C(F)(F)F)cc3)CC2)cc1. The van der Waals surface area contributed by atoms with Crippen molar-refractivity contribution in [1.29, 1.82) is 0 Å². The van der Waals surface area contributed by atoms with E-state index in [1.807, 2.05) is 24.3 Å². The van der Waals surface area contributed by atoms with E-state index in [1.54, 1.807) is 12.0 Å². The second-order valence-corrected chi connectivity index (χ2v) is 7.32. The molecule has 0 aromatic heterocycles. The standard InChI is InChI=1S/C22H24F3N3O3/c1-31-19-8-2-15(3-9-19)14-26-21(30)27-18-10-12-28(13-11-18)20(29)16-4-6-17(7-5-16)22(23,24)25/h2-9,18H,10-14H2,1H3,(H2,26,27,30). The number of alkyl halides is 3. The van der Waals surface area contributed by atoms with Crippen LogP contribution in [0.25, 0.3) is 0 Å². The number of piperidine rings is 1. The fourth-order valence-electron chi connectivity index (χ4n) is 3.37. The number of carbonyl (C=O) groups excluding carboxylic acids is 2. The van der Waals surface area contributed by atoms with Crippen molar-refractivity contribution in [3.8, 4) is 5.75 Å². The Bertz CT molecular complexity index is 891. The number of hydrogen-bond acceptors (Lipinski definition) is 3. The zero-order valence-corrected chi connectivity index (χ0v) is 17.0. The smallest absolute Gasteiger partial charge is 0.416 e. The lowest BCUT2D eigenvalue weighted by atomic mass is 10.0. The van der Waals surface area contributed by atoms with Crippen LogP contribution in [0.3, 0.4) is 0 Å². The van der Waals surface area contributed by atoms with E-state index in [4.69, 9.17) is 4.74 Å². The van der Waals surface area contributed by atoms with Gasteiger partial charge in [0, 0.05) is 31.2 Å². The molecule has 0 spiro atoms. The van der Waals surface area contributed by atoms with Crippen LogP contribution < -0.4 is 15.4 Å². The first kappa shape index (κ1) is 22.5. The molecule has 0 bridgehead atoms. The number of nitrogens with one attached hydrogen (secondary N) is 2. The van der Waals surface area contributed by atoms with Crippen LogP contribution in [0.2, 0.25) is 0 Å². The maximum Gasteiger partial charge on any atom is 0.416 e. The number of hydrogen-bond donors (Lipinski definition) is 2. The van der Waals surface area contributed by atoms with Crippen molar-refractivity contribution in [2.24, 2.45) is 0 Å². The molecule has 1 saturated heterocycles. The minimum Gasteiger partial charge on any atom is -0.497 e. The molecule has 9 heteroatoms. The molecule has 2 aromatic carbocycles. The van der Waals surface area contributed by atoms with Crippen LogP contribution in [-0.2, 0) is 12.7 Å². The largest absolute Gasteiger partial charge is 0.497 e. The molecule has 1 fully saturated rings. The summed E-state index contributed by atoms with van der Waals surface area (Å²) in [6.45, 7) is 1.22. The predicted octanol–water partition coefficient (Wildman–Crippen LogP) is 3.82. The molecule has 3 rings (SSSR count). The van der Waals surface area contributed by atoms with Crippen molar-refractivity contribution in [1.82, 2.24) is 15.5 Å². The minimum atomic E-state index is -4.43.